The molecule has 1 saturated heterocycles. The Morgan fingerprint density at radius 1 is 1.21 bits per heavy atom. The summed E-state index contributed by atoms with van der Waals surface area (Å²) in [7, 11) is 0. The number of hydrogen-bond donors (Lipinski definition) is 0. The maximum atomic E-state index is 13.2. The maximum Gasteiger partial charge on any atom is 0.223 e. The van der Waals surface area contributed by atoms with E-state index in [4.69, 9.17) is 9.72 Å². The van der Waals surface area contributed by atoms with Crippen LogP contribution in [0.3, 0.4) is 0 Å². The van der Waals surface area contributed by atoms with Gasteiger partial charge in [-0.05, 0) is 42.7 Å². The van der Waals surface area contributed by atoms with E-state index < -0.39 is 0 Å². The molecule has 0 N–H and O–H groups in total. The highest BCUT2D eigenvalue weighted by Crippen LogP contribution is 2.44. The molecule has 1 aliphatic carbocycles. The fraction of sp³-hybridized carbons (Fsp3) is 0.696. The molecule has 158 valence electrons. The Morgan fingerprint density at radius 2 is 2.03 bits per heavy atom. The zero-order chi connectivity index (χ0) is 20.3. The molecule has 6 heteroatoms. The molecule has 0 spiro atoms. The Hall–Kier alpha value is -1.95. The topological polar surface area (TPSA) is 60.2 Å². The molecule has 4 rings (SSSR count). The van der Waals surface area contributed by atoms with Crippen molar-refractivity contribution in [1.29, 1.82) is 0 Å². The Morgan fingerprint density at radius 3 is 2.83 bits per heavy atom. The number of ether oxygens (including phenoxy) is 1. The number of carbonyl (C=O) groups excluding carboxylic acids is 1. The van der Waals surface area contributed by atoms with Gasteiger partial charge in [0.2, 0.25) is 5.91 Å². The van der Waals surface area contributed by atoms with Crippen LogP contribution >= 0.6 is 0 Å². The average molecular weight is 399 g/mol. The van der Waals surface area contributed by atoms with Crippen LogP contribution in [0.5, 0.6) is 0 Å². The van der Waals surface area contributed by atoms with Gasteiger partial charge in [-0.25, -0.2) is 9.97 Å². The number of imidazole rings is 1. The van der Waals surface area contributed by atoms with Gasteiger partial charge in [-0.2, -0.15) is 0 Å². The van der Waals surface area contributed by atoms with E-state index in [9.17, 15) is 4.79 Å². The SMILES string of the molecule is CC(C)Cn1c(CC2(CC(=O)N3CCCOCC3)CCCC2)nc2cccnc21. The predicted molar refractivity (Wildman–Crippen MR) is 114 cm³/mol. The van der Waals surface area contributed by atoms with Crippen LogP contribution in [-0.2, 0) is 22.5 Å². The van der Waals surface area contributed by atoms with Crippen molar-refractivity contribution in [2.75, 3.05) is 26.3 Å². The van der Waals surface area contributed by atoms with Gasteiger partial charge in [0.25, 0.3) is 0 Å². The zero-order valence-electron chi connectivity index (χ0n) is 17.9. The third-order valence-corrected chi connectivity index (χ3v) is 6.43. The Labute approximate surface area is 173 Å². The molecule has 0 atom stereocenters. The molecule has 0 aromatic carbocycles. The minimum absolute atomic E-state index is 0.0281. The second-order valence-corrected chi connectivity index (χ2v) is 9.29. The predicted octanol–water partition coefficient (Wildman–Crippen LogP) is 3.83. The van der Waals surface area contributed by atoms with Crippen molar-refractivity contribution in [1.82, 2.24) is 19.4 Å². The molecule has 2 aromatic rings. The summed E-state index contributed by atoms with van der Waals surface area (Å²) in [5, 5.41) is 0. The largest absolute Gasteiger partial charge is 0.380 e. The summed E-state index contributed by atoms with van der Waals surface area (Å²) >= 11 is 0. The van der Waals surface area contributed by atoms with Gasteiger partial charge in [0.05, 0.1) is 6.61 Å². The summed E-state index contributed by atoms with van der Waals surface area (Å²) in [5.41, 5.74) is 1.97. The summed E-state index contributed by atoms with van der Waals surface area (Å²) in [6, 6.07) is 4.00. The summed E-state index contributed by atoms with van der Waals surface area (Å²) in [5.74, 6) is 1.91. The highest BCUT2D eigenvalue weighted by molar-refractivity contribution is 5.77. The third kappa shape index (κ3) is 4.63. The number of rotatable bonds is 6. The minimum Gasteiger partial charge on any atom is -0.380 e. The molecule has 1 amide bonds. The molecule has 0 unspecified atom stereocenters. The van der Waals surface area contributed by atoms with E-state index in [0.29, 0.717) is 24.9 Å². The van der Waals surface area contributed by atoms with Crippen LogP contribution in [0.4, 0.5) is 0 Å². The molecular weight excluding hydrogens is 364 g/mol. The molecule has 29 heavy (non-hydrogen) atoms. The lowest BCUT2D eigenvalue weighted by atomic mass is 9.78. The van der Waals surface area contributed by atoms with Crippen molar-refractivity contribution in [2.24, 2.45) is 11.3 Å². The van der Waals surface area contributed by atoms with Gasteiger partial charge in [0, 0.05) is 45.3 Å². The standard InChI is InChI=1S/C23H34N4O2/c1-18(2)17-27-20(25-19-7-5-10-24-22(19)27)15-23(8-3-4-9-23)16-21(28)26-11-6-13-29-14-12-26/h5,7,10,18H,3-4,6,8-9,11-17H2,1-2H3. The van der Waals surface area contributed by atoms with Gasteiger partial charge in [-0.3, -0.25) is 4.79 Å². The van der Waals surface area contributed by atoms with Crippen LogP contribution in [0.25, 0.3) is 11.2 Å². The van der Waals surface area contributed by atoms with E-state index in [1.165, 1.54) is 12.8 Å². The second kappa shape index (κ2) is 8.82. The Kier molecular flexibility index (Phi) is 6.18. The van der Waals surface area contributed by atoms with E-state index >= 15 is 0 Å². The van der Waals surface area contributed by atoms with Crippen LogP contribution in [0.15, 0.2) is 18.3 Å². The highest BCUT2D eigenvalue weighted by atomic mass is 16.5. The third-order valence-electron chi connectivity index (χ3n) is 6.43. The van der Waals surface area contributed by atoms with Crippen LogP contribution in [0.2, 0.25) is 0 Å². The summed E-state index contributed by atoms with van der Waals surface area (Å²) in [6.45, 7) is 8.35. The van der Waals surface area contributed by atoms with Crippen molar-refractivity contribution in [3.63, 3.8) is 0 Å². The van der Waals surface area contributed by atoms with E-state index in [1.54, 1.807) is 0 Å². The van der Waals surface area contributed by atoms with E-state index in [-0.39, 0.29) is 5.41 Å². The van der Waals surface area contributed by atoms with Crippen LogP contribution in [0, 0.1) is 11.3 Å². The smallest absolute Gasteiger partial charge is 0.223 e. The number of hydrogen-bond acceptors (Lipinski definition) is 4. The quantitative estimate of drug-likeness (QED) is 0.742. The van der Waals surface area contributed by atoms with Gasteiger partial charge in [0.1, 0.15) is 11.3 Å². The lowest BCUT2D eigenvalue weighted by molar-refractivity contribution is -0.133. The van der Waals surface area contributed by atoms with Crippen molar-refractivity contribution in [3.05, 3.63) is 24.2 Å². The molecule has 1 aliphatic heterocycles. The Balaban J connectivity index is 1.58. The lowest BCUT2D eigenvalue weighted by Gasteiger charge is -2.31. The maximum absolute atomic E-state index is 13.2. The lowest BCUT2D eigenvalue weighted by Crippen LogP contribution is -2.37. The molecule has 1 saturated carbocycles. The number of pyridine rings is 1. The first-order valence-corrected chi connectivity index (χ1v) is 11.2. The first-order valence-electron chi connectivity index (χ1n) is 11.2. The number of carbonyl (C=O) groups is 1. The summed E-state index contributed by atoms with van der Waals surface area (Å²) < 4.78 is 7.83. The molecular formula is C23H34N4O2. The molecule has 6 nitrogen and oxygen atoms in total. The average Bonchev–Trinajstić information content (AvgIpc) is 3.15. The van der Waals surface area contributed by atoms with E-state index in [2.05, 4.69) is 23.4 Å². The van der Waals surface area contributed by atoms with Gasteiger partial charge >= 0.3 is 0 Å². The normalized spacial score (nSPS) is 19.8. The molecule has 0 bridgehead atoms. The van der Waals surface area contributed by atoms with Crippen molar-refractivity contribution < 1.29 is 9.53 Å². The highest BCUT2D eigenvalue weighted by Gasteiger charge is 2.39. The molecule has 2 fully saturated rings. The van der Waals surface area contributed by atoms with Crippen molar-refractivity contribution in [2.45, 2.75) is 65.3 Å². The number of nitrogens with zero attached hydrogens (tertiary/aromatic N) is 4. The minimum atomic E-state index is 0.0281. The van der Waals surface area contributed by atoms with Crippen LogP contribution < -0.4 is 0 Å². The van der Waals surface area contributed by atoms with Gasteiger partial charge in [-0.1, -0.05) is 26.7 Å². The van der Waals surface area contributed by atoms with Crippen molar-refractivity contribution in [3.8, 4) is 0 Å². The molecule has 2 aromatic heterocycles. The van der Waals surface area contributed by atoms with Gasteiger partial charge in [-0.15, -0.1) is 0 Å². The molecule has 3 heterocycles. The van der Waals surface area contributed by atoms with Gasteiger partial charge in [0.15, 0.2) is 5.65 Å². The number of aromatic nitrogens is 3. The van der Waals surface area contributed by atoms with Gasteiger partial charge < -0.3 is 14.2 Å². The second-order valence-electron chi connectivity index (χ2n) is 9.29. The zero-order valence-corrected chi connectivity index (χ0v) is 17.9. The number of amides is 1. The van der Waals surface area contributed by atoms with Crippen molar-refractivity contribution >= 4 is 17.1 Å². The number of fused-ring (bicyclic) bond motifs is 1. The fourth-order valence-corrected chi connectivity index (χ4v) is 5.00. The van der Waals surface area contributed by atoms with Crippen LogP contribution in [-0.4, -0.2) is 51.6 Å². The van der Waals surface area contributed by atoms with E-state index in [1.807, 2.05) is 23.2 Å². The summed E-state index contributed by atoms with van der Waals surface area (Å²) in [4.78, 5) is 24.8. The van der Waals surface area contributed by atoms with Crippen LogP contribution in [0.1, 0.15) is 58.2 Å². The van der Waals surface area contributed by atoms with E-state index in [0.717, 1.165) is 68.9 Å². The molecule has 0 radical (unpaired) electrons. The first kappa shape index (κ1) is 20.3. The molecule has 2 aliphatic rings. The summed E-state index contributed by atoms with van der Waals surface area (Å²) in [6.07, 6.45) is 8.92. The fourth-order valence-electron chi connectivity index (χ4n) is 5.00. The monoisotopic (exact) mass is 398 g/mol. The Bertz CT molecular complexity index is 831. The first-order chi connectivity index (χ1) is 14.1.